The van der Waals surface area contributed by atoms with Gasteiger partial charge in [-0.25, -0.2) is 15.0 Å². The van der Waals surface area contributed by atoms with Gasteiger partial charge in [0, 0.05) is 30.9 Å². The number of piperidine rings is 1. The fourth-order valence-electron chi connectivity index (χ4n) is 2.90. The monoisotopic (exact) mass is 285 g/mol. The third-order valence-corrected chi connectivity index (χ3v) is 4.22. The molecule has 0 amide bonds. The maximum absolute atomic E-state index is 4.59. The van der Waals surface area contributed by atoms with Crippen LogP contribution in [0.4, 0.5) is 5.82 Å². The lowest BCUT2D eigenvalue weighted by Gasteiger charge is -2.35. The highest BCUT2D eigenvalue weighted by Gasteiger charge is 2.21. The highest BCUT2D eigenvalue weighted by molar-refractivity contribution is 5.84. The van der Waals surface area contributed by atoms with Gasteiger partial charge in [0.2, 0.25) is 0 Å². The Hall–Kier alpha value is -1.75. The second kappa shape index (κ2) is 5.93. The van der Waals surface area contributed by atoms with Gasteiger partial charge in [-0.3, -0.25) is 0 Å². The van der Waals surface area contributed by atoms with Crippen molar-refractivity contribution in [1.29, 1.82) is 0 Å². The zero-order chi connectivity index (χ0) is 14.8. The number of likely N-dealkylation sites (tertiary alicyclic amines) is 1. The summed E-state index contributed by atoms with van der Waals surface area (Å²) in [6.07, 6.45) is 3.91. The minimum atomic E-state index is 0.473. The first kappa shape index (κ1) is 14.2. The zero-order valence-corrected chi connectivity index (χ0v) is 13.0. The average Bonchev–Trinajstić information content (AvgIpc) is 2.48. The molecule has 2 aromatic heterocycles. The summed E-state index contributed by atoms with van der Waals surface area (Å²) in [7, 11) is 0. The van der Waals surface area contributed by atoms with Crippen molar-refractivity contribution >= 4 is 16.9 Å². The molecule has 3 heterocycles. The molecule has 1 N–H and O–H groups in total. The molecule has 1 aliphatic rings. The van der Waals surface area contributed by atoms with Crippen molar-refractivity contribution in [1.82, 2.24) is 19.9 Å². The molecular weight excluding hydrogens is 262 g/mol. The van der Waals surface area contributed by atoms with E-state index in [-0.39, 0.29) is 0 Å². The van der Waals surface area contributed by atoms with Crippen LogP contribution in [0.3, 0.4) is 0 Å². The lowest BCUT2D eigenvalue weighted by molar-refractivity contribution is 0.177. The minimum absolute atomic E-state index is 0.473. The van der Waals surface area contributed by atoms with Crippen LogP contribution < -0.4 is 5.32 Å². The van der Waals surface area contributed by atoms with E-state index in [9.17, 15) is 0 Å². The molecule has 1 saturated heterocycles. The van der Waals surface area contributed by atoms with E-state index in [2.05, 4.69) is 39.0 Å². The summed E-state index contributed by atoms with van der Waals surface area (Å²) in [6, 6.07) is 5.10. The SMILES string of the molecule is Cc1ccc2ncnc(NC3CCN(C(C)C)CC3)c2n1. The van der Waals surface area contributed by atoms with Gasteiger partial charge >= 0.3 is 0 Å². The van der Waals surface area contributed by atoms with E-state index in [1.165, 1.54) is 0 Å². The van der Waals surface area contributed by atoms with Crippen LogP contribution in [-0.2, 0) is 0 Å². The Balaban J connectivity index is 1.75. The quantitative estimate of drug-likeness (QED) is 0.939. The number of anilines is 1. The molecule has 112 valence electrons. The lowest BCUT2D eigenvalue weighted by atomic mass is 10.0. The van der Waals surface area contributed by atoms with Gasteiger partial charge < -0.3 is 10.2 Å². The topological polar surface area (TPSA) is 53.9 Å². The number of nitrogens with zero attached hydrogens (tertiary/aromatic N) is 4. The predicted octanol–water partition coefficient (Wildman–Crippen LogP) is 2.62. The Morgan fingerprint density at radius 2 is 1.95 bits per heavy atom. The molecule has 2 aromatic rings. The van der Waals surface area contributed by atoms with Crippen molar-refractivity contribution in [3.05, 3.63) is 24.2 Å². The van der Waals surface area contributed by atoms with E-state index in [1.54, 1.807) is 6.33 Å². The van der Waals surface area contributed by atoms with Gasteiger partial charge in [-0.05, 0) is 45.7 Å². The second-order valence-electron chi connectivity index (χ2n) is 6.09. The smallest absolute Gasteiger partial charge is 0.156 e. The number of nitrogens with one attached hydrogen (secondary N) is 1. The van der Waals surface area contributed by atoms with Crippen LogP contribution in [0, 0.1) is 6.92 Å². The number of rotatable bonds is 3. The normalized spacial score (nSPS) is 17.5. The molecule has 5 nitrogen and oxygen atoms in total. The molecule has 0 aliphatic carbocycles. The molecule has 0 aromatic carbocycles. The van der Waals surface area contributed by atoms with E-state index in [4.69, 9.17) is 0 Å². The van der Waals surface area contributed by atoms with Gasteiger partial charge in [-0.15, -0.1) is 0 Å². The summed E-state index contributed by atoms with van der Waals surface area (Å²) in [6.45, 7) is 8.81. The molecule has 3 rings (SSSR count). The first-order chi connectivity index (χ1) is 10.1. The summed E-state index contributed by atoms with van der Waals surface area (Å²) in [4.78, 5) is 15.8. The van der Waals surface area contributed by atoms with Crippen molar-refractivity contribution < 1.29 is 0 Å². The van der Waals surface area contributed by atoms with Gasteiger partial charge in [0.1, 0.15) is 11.8 Å². The fraction of sp³-hybridized carbons (Fsp3) is 0.562. The number of pyridine rings is 1. The Labute approximate surface area is 125 Å². The van der Waals surface area contributed by atoms with Gasteiger partial charge in [0.15, 0.2) is 5.82 Å². The molecule has 1 fully saturated rings. The van der Waals surface area contributed by atoms with Crippen molar-refractivity contribution in [2.75, 3.05) is 18.4 Å². The molecule has 0 saturated carbocycles. The average molecular weight is 285 g/mol. The van der Waals surface area contributed by atoms with Gasteiger partial charge in [0.25, 0.3) is 0 Å². The minimum Gasteiger partial charge on any atom is -0.365 e. The summed E-state index contributed by atoms with van der Waals surface area (Å²) < 4.78 is 0. The largest absolute Gasteiger partial charge is 0.365 e. The number of aryl methyl sites for hydroxylation is 1. The van der Waals surface area contributed by atoms with Crippen LogP contribution in [0.5, 0.6) is 0 Å². The van der Waals surface area contributed by atoms with Crippen molar-refractivity contribution in [3.8, 4) is 0 Å². The van der Waals surface area contributed by atoms with Crippen molar-refractivity contribution in [2.45, 2.75) is 45.7 Å². The molecule has 1 aliphatic heterocycles. The second-order valence-corrected chi connectivity index (χ2v) is 6.09. The summed E-state index contributed by atoms with van der Waals surface area (Å²) in [5.74, 6) is 0.867. The Morgan fingerprint density at radius 3 is 2.67 bits per heavy atom. The van der Waals surface area contributed by atoms with Crippen LogP contribution in [0.2, 0.25) is 0 Å². The number of aromatic nitrogens is 3. The van der Waals surface area contributed by atoms with E-state index >= 15 is 0 Å². The number of hydrogen-bond donors (Lipinski definition) is 1. The third-order valence-electron chi connectivity index (χ3n) is 4.22. The van der Waals surface area contributed by atoms with Crippen molar-refractivity contribution in [3.63, 3.8) is 0 Å². The number of hydrogen-bond acceptors (Lipinski definition) is 5. The van der Waals surface area contributed by atoms with Gasteiger partial charge in [0.05, 0.1) is 5.52 Å². The van der Waals surface area contributed by atoms with Gasteiger partial charge in [-0.2, -0.15) is 0 Å². The zero-order valence-electron chi connectivity index (χ0n) is 13.0. The molecule has 0 atom stereocenters. The summed E-state index contributed by atoms with van der Waals surface area (Å²) in [5, 5.41) is 3.57. The van der Waals surface area contributed by atoms with E-state index in [0.717, 1.165) is 48.5 Å². The molecule has 21 heavy (non-hydrogen) atoms. The van der Waals surface area contributed by atoms with Crippen molar-refractivity contribution in [2.24, 2.45) is 0 Å². The molecule has 0 radical (unpaired) electrons. The van der Waals surface area contributed by atoms with Gasteiger partial charge in [-0.1, -0.05) is 0 Å². The lowest BCUT2D eigenvalue weighted by Crippen LogP contribution is -2.42. The molecular formula is C16H23N5. The highest BCUT2D eigenvalue weighted by Crippen LogP contribution is 2.21. The standard InChI is InChI=1S/C16H23N5/c1-11(2)21-8-6-13(7-9-21)20-16-15-14(17-10-18-16)5-4-12(3)19-15/h4-5,10-11,13H,6-9H2,1-3H3,(H,17,18,20). The van der Waals surface area contributed by atoms with Crippen LogP contribution >= 0.6 is 0 Å². The summed E-state index contributed by atoms with van der Waals surface area (Å²) in [5.41, 5.74) is 2.77. The Bertz CT molecular complexity index is 617. The fourth-order valence-corrected chi connectivity index (χ4v) is 2.90. The van der Waals surface area contributed by atoms with E-state index in [0.29, 0.717) is 12.1 Å². The molecule has 0 bridgehead atoms. The maximum Gasteiger partial charge on any atom is 0.156 e. The van der Waals surface area contributed by atoms with Crippen LogP contribution in [0.1, 0.15) is 32.4 Å². The first-order valence-electron chi connectivity index (χ1n) is 7.72. The molecule has 5 heteroatoms. The third kappa shape index (κ3) is 3.13. The van der Waals surface area contributed by atoms with Crippen LogP contribution in [0.25, 0.3) is 11.0 Å². The maximum atomic E-state index is 4.59. The van der Waals surface area contributed by atoms with Crippen LogP contribution in [-0.4, -0.2) is 45.0 Å². The summed E-state index contributed by atoms with van der Waals surface area (Å²) >= 11 is 0. The predicted molar refractivity (Wildman–Crippen MR) is 85.4 cm³/mol. The molecule has 0 spiro atoms. The van der Waals surface area contributed by atoms with Crippen LogP contribution in [0.15, 0.2) is 18.5 Å². The Kier molecular flexibility index (Phi) is 4.01. The first-order valence-corrected chi connectivity index (χ1v) is 7.72. The molecule has 0 unspecified atom stereocenters. The highest BCUT2D eigenvalue weighted by atomic mass is 15.2. The number of fused-ring (bicyclic) bond motifs is 1. The van der Waals surface area contributed by atoms with E-state index in [1.807, 2.05) is 19.1 Å². The Morgan fingerprint density at radius 1 is 1.19 bits per heavy atom. The van der Waals surface area contributed by atoms with E-state index < -0.39 is 0 Å².